The van der Waals surface area contributed by atoms with Crippen LogP contribution in [0.1, 0.15) is 15.9 Å². The number of sulfonamides is 1. The van der Waals surface area contributed by atoms with Gasteiger partial charge in [0.15, 0.2) is 11.6 Å². The van der Waals surface area contributed by atoms with Crippen molar-refractivity contribution >= 4 is 31.9 Å². The van der Waals surface area contributed by atoms with Crippen molar-refractivity contribution in [2.45, 2.75) is 11.4 Å². The second-order valence-corrected chi connectivity index (χ2v) is 8.88. The number of nitrogens with zero attached hydrogens (tertiary/aromatic N) is 2. The standard InChI is InChI=1S/C18H20BrF2N3O3S/c1-23(2)7-8-24(11-12-3-6-16(20)17(21)9-12)18(25)14-10-13(28(22,26)27)4-5-15(14)19/h3-6,9-10H,7-8,11H2,1-2H3,(H2,22,26,27). The Morgan fingerprint density at radius 3 is 2.32 bits per heavy atom. The lowest BCUT2D eigenvalue weighted by Crippen LogP contribution is -2.36. The van der Waals surface area contributed by atoms with Gasteiger partial charge in [-0.1, -0.05) is 6.07 Å². The second-order valence-electron chi connectivity index (χ2n) is 6.47. The van der Waals surface area contributed by atoms with Crippen LogP contribution < -0.4 is 5.14 Å². The van der Waals surface area contributed by atoms with E-state index in [1.807, 2.05) is 19.0 Å². The largest absolute Gasteiger partial charge is 0.333 e. The minimum atomic E-state index is -3.99. The molecule has 2 rings (SSSR count). The van der Waals surface area contributed by atoms with Crippen molar-refractivity contribution in [2.24, 2.45) is 5.14 Å². The highest BCUT2D eigenvalue weighted by molar-refractivity contribution is 9.10. The Bertz CT molecular complexity index is 984. The number of amides is 1. The summed E-state index contributed by atoms with van der Waals surface area (Å²) in [6.07, 6.45) is 0. The first-order valence-electron chi connectivity index (χ1n) is 8.19. The highest BCUT2D eigenvalue weighted by Gasteiger charge is 2.21. The Morgan fingerprint density at radius 1 is 1.07 bits per heavy atom. The molecule has 1 amide bonds. The van der Waals surface area contributed by atoms with E-state index >= 15 is 0 Å². The average Bonchev–Trinajstić information content (AvgIpc) is 2.60. The van der Waals surface area contributed by atoms with Crippen LogP contribution in [-0.2, 0) is 16.6 Å². The zero-order valence-electron chi connectivity index (χ0n) is 15.3. The summed E-state index contributed by atoms with van der Waals surface area (Å²) in [5.74, 6) is -2.45. The van der Waals surface area contributed by atoms with E-state index < -0.39 is 27.6 Å². The highest BCUT2D eigenvalue weighted by Crippen LogP contribution is 2.23. The van der Waals surface area contributed by atoms with Gasteiger partial charge in [-0.2, -0.15) is 0 Å². The molecule has 6 nitrogen and oxygen atoms in total. The summed E-state index contributed by atoms with van der Waals surface area (Å²) in [7, 11) is -0.325. The maximum absolute atomic E-state index is 13.5. The third kappa shape index (κ3) is 5.81. The number of nitrogens with two attached hydrogens (primary N) is 1. The molecule has 0 fully saturated rings. The zero-order valence-corrected chi connectivity index (χ0v) is 17.7. The topological polar surface area (TPSA) is 83.7 Å². The maximum Gasteiger partial charge on any atom is 0.255 e. The SMILES string of the molecule is CN(C)CCN(Cc1ccc(F)c(F)c1)C(=O)c1cc(S(N)(=O)=O)ccc1Br. The van der Waals surface area contributed by atoms with Gasteiger partial charge in [0.05, 0.1) is 10.5 Å². The van der Waals surface area contributed by atoms with Gasteiger partial charge in [-0.15, -0.1) is 0 Å². The molecule has 0 aromatic heterocycles. The van der Waals surface area contributed by atoms with Gasteiger partial charge in [-0.25, -0.2) is 22.3 Å². The third-order valence-electron chi connectivity index (χ3n) is 3.96. The molecule has 0 radical (unpaired) electrons. The zero-order chi connectivity index (χ0) is 21.1. The van der Waals surface area contributed by atoms with Crippen molar-refractivity contribution in [1.82, 2.24) is 9.80 Å². The average molecular weight is 476 g/mol. The van der Waals surface area contributed by atoms with Crippen molar-refractivity contribution in [2.75, 3.05) is 27.2 Å². The summed E-state index contributed by atoms with van der Waals surface area (Å²) in [6.45, 7) is 0.828. The highest BCUT2D eigenvalue weighted by atomic mass is 79.9. The van der Waals surface area contributed by atoms with Crippen LogP contribution in [0.25, 0.3) is 0 Å². The van der Waals surface area contributed by atoms with E-state index in [0.717, 1.165) is 12.1 Å². The van der Waals surface area contributed by atoms with Gasteiger partial charge in [-0.3, -0.25) is 4.79 Å². The minimum Gasteiger partial charge on any atom is -0.333 e. The number of hydrogen-bond acceptors (Lipinski definition) is 4. The Balaban J connectivity index is 2.39. The van der Waals surface area contributed by atoms with Crippen LogP contribution in [0.15, 0.2) is 45.8 Å². The number of hydrogen-bond donors (Lipinski definition) is 1. The van der Waals surface area contributed by atoms with Gasteiger partial charge in [0.1, 0.15) is 0 Å². The smallest absolute Gasteiger partial charge is 0.255 e. The van der Waals surface area contributed by atoms with E-state index in [1.165, 1.54) is 29.2 Å². The monoisotopic (exact) mass is 475 g/mol. The van der Waals surface area contributed by atoms with Crippen LogP contribution >= 0.6 is 15.9 Å². The molecule has 2 aromatic rings. The molecule has 0 aliphatic heterocycles. The number of carbonyl (C=O) groups excluding carboxylic acids is 1. The van der Waals surface area contributed by atoms with Gasteiger partial charge in [-0.05, 0) is 65.9 Å². The van der Waals surface area contributed by atoms with E-state index in [4.69, 9.17) is 5.14 Å². The second kappa shape index (κ2) is 9.08. The lowest BCUT2D eigenvalue weighted by atomic mass is 10.1. The molecule has 0 bridgehead atoms. The van der Waals surface area contributed by atoms with Gasteiger partial charge < -0.3 is 9.80 Å². The number of carbonyl (C=O) groups is 1. The maximum atomic E-state index is 13.5. The van der Waals surface area contributed by atoms with Crippen molar-refractivity contribution in [3.63, 3.8) is 0 Å². The first kappa shape index (κ1) is 22.4. The molecular weight excluding hydrogens is 456 g/mol. The molecule has 10 heteroatoms. The van der Waals surface area contributed by atoms with Crippen LogP contribution in [0, 0.1) is 11.6 Å². The predicted molar refractivity (Wildman–Crippen MR) is 105 cm³/mol. The van der Waals surface area contributed by atoms with Crippen LogP contribution in [-0.4, -0.2) is 51.3 Å². The van der Waals surface area contributed by atoms with Crippen LogP contribution in [0.3, 0.4) is 0 Å². The molecule has 0 aliphatic carbocycles. The molecule has 0 spiro atoms. The molecule has 0 aliphatic rings. The fraction of sp³-hybridized carbons (Fsp3) is 0.278. The van der Waals surface area contributed by atoms with E-state index in [0.29, 0.717) is 16.6 Å². The molecular formula is C18H20BrF2N3O3S. The molecule has 0 atom stereocenters. The fourth-order valence-electron chi connectivity index (χ4n) is 2.45. The minimum absolute atomic E-state index is 0.0237. The normalized spacial score (nSPS) is 11.7. The van der Waals surface area contributed by atoms with Gasteiger partial charge in [0.2, 0.25) is 10.0 Å². The Morgan fingerprint density at radius 2 is 1.75 bits per heavy atom. The Kier molecular flexibility index (Phi) is 7.27. The van der Waals surface area contributed by atoms with Crippen LogP contribution in [0.2, 0.25) is 0 Å². The van der Waals surface area contributed by atoms with Gasteiger partial charge >= 0.3 is 0 Å². The lowest BCUT2D eigenvalue weighted by Gasteiger charge is -2.25. The van der Waals surface area contributed by atoms with E-state index in [-0.39, 0.29) is 23.5 Å². The predicted octanol–water partition coefficient (Wildman–Crippen LogP) is 2.58. The first-order chi connectivity index (χ1) is 13.0. The van der Waals surface area contributed by atoms with Crippen molar-refractivity contribution in [3.05, 3.63) is 63.6 Å². The van der Waals surface area contributed by atoms with E-state index in [1.54, 1.807) is 0 Å². The Hall–Kier alpha value is -1.88. The molecule has 2 N–H and O–H groups in total. The number of primary sulfonamides is 1. The summed E-state index contributed by atoms with van der Waals surface area (Å²) in [5, 5.41) is 5.15. The van der Waals surface area contributed by atoms with Crippen molar-refractivity contribution < 1.29 is 22.0 Å². The van der Waals surface area contributed by atoms with Crippen LogP contribution in [0.4, 0.5) is 8.78 Å². The number of rotatable bonds is 7. The molecule has 152 valence electrons. The third-order valence-corrected chi connectivity index (χ3v) is 5.56. The molecule has 0 heterocycles. The van der Waals surface area contributed by atoms with Gasteiger partial charge in [0.25, 0.3) is 5.91 Å². The van der Waals surface area contributed by atoms with Crippen molar-refractivity contribution in [3.8, 4) is 0 Å². The fourth-order valence-corrected chi connectivity index (χ4v) is 3.40. The molecule has 28 heavy (non-hydrogen) atoms. The van der Waals surface area contributed by atoms with Gasteiger partial charge in [0, 0.05) is 24.1 Å². The summed E-state index contributed by atoms with van der Waals surface area (Å²) >= 11 is 3.25. The Labute approximate surface area is 171 Å². The van der Waals surface area contributed by atoms with Crippen molar-refractivity contribution in [1.29, 1.82) is 0 Å². The lowest BCUT2D eigenvalue weighted by molar-refractivity contribution is 0.0730. The van der Waals surface area contributed by atoms with E-state index in [9.17, 15) is 22.0 Å². The number of halogens is 3. The summed E-state index contributed by atoms with van der Waals surface area (Å²) in [4.78, 5) is 16.2. The number of likely N-dealkylation sites (N-methyl/N-ethyl adjacent to an activating group) is 1. The van der Waals surface area contributed by atoms with Crippen LogP contribution in [0.5, 0.6) is 0 Å². The number of benzene rings is 2. The molecule has 0 saturated carbocycles. The summed E-state index contributed by atoms with van der Waals surface area (Å²) in [5.41, 5.74) is 0.512. The first-order valence-corrected chi connectivity index (χ1v) is 10.5. The molecule has 0 unspecified atom stereocenters. The molecule has 2 aromatic carbocycles. The summed E-state index contributed by atoms with van der Waals surface area (Å²) in [6, 6.07) is 7.32. The van der Waals surface area contributed by atoms with E-state index in [2.05, 4.69) is 15.9 Å². The summed E-state index contributed by atoms with van der Waals surface area (Å²) < 4.78 is 50.4. The molecule has 0 saturated heterocycles. The quantitative estimate of drug-likeness (QED) is 0.666.